The molecule has 1 aromatic rings. The number of halogens is 1. The number of carbonyl (C=O) groups excluding carboxylic acids is 3. The topological polar surface area (TPSA) is 96.4 Å². The van der Waals surface area contributed by atoms with Crippen molar-refractivity contribution >= 4 is 35.1 Å². The molecule has 2 bridgehead atoms. The van der Waals surface area contributed by atoms with Crippen molar-refractivity contribution in [1.29, 1.82) is 0 Å². The van der Waals surface area contributed by atoms with Crippen LogP contribution in [0.4, 0.5) is 5.69 Å². The number of esters is 1. The largest absolute Gasteiger partial charge is 0.466 e. The van der Waals surface area contributed by atoms with Gasteiger partial charge in [-0.25, -0.2) is 0 Å². The summed E-state index contributed by atoms with van der Waals surface area (Å²) in [6.07, 6.45) is 3.29. The first-order valence-electron chi connectivity index (χ1n) is 13.1. The van der Waals surface area contributed by atoms with E-state index in [1.807, 2.05) is 20.8 Å². The summed E-state index contributed by atoms with van der Waals surface area (Å²) in [5, 5.41) is 11.0. The smallest absolute Gasteiger partial charge is 0.312 e. The fourth-order valence-corrected chi connectivity index (χ4v) is 6.75. The van der Waals surface area contributed by atoms with Crippen LogP contribution in [0.2, 0.25) is 5.02 Å². The van der Waals surface area contributed by atoms with Crippen molar-refractivity contribution in [3.8, 4) is 0 Å². The van der Waals surface area contributed by atoms with Gasteiger partial charge in [-0.15, -0.1) is 6.58 Å². The molecule has 37 heavy (non-hydrogen) atoms. The Morgan fingerprint density at radius 1 is 1.32 bits per heavy atom. The van der Waals surface area contributed by atoms with Gasteiger partial charge in [0.15, 0.2) is 0 Å². The predicted molar refractivity (Wildman–Crippen MR) is 140 cm³/mol. The van der Waals surface area contributed by atoms with Crippen molar-refractivity contribution in [3.05, 3.63) is 41.9 Å². The average molecular weight is 533 g/mol. The summed E-state index contributed by atoms with van der Waals surface area (Å²) in [5.74, 6) is -2.94. The van der Waals surface area contributed by atoms with Crippen LogP contribution < -0.4 is 4.90 Å². The molecular weight excluding hydrogens is 496 g/mol. The van der Waals surface area contributed by atoms with E-state index in [2.05, 4.69) is 6.58 Å². The number of anilines is 1. The standard InChI is InChI=1S/C28H37ClN2O6/c1-6-15-30(19-11-9-18(29)10-12-19)25(34)23-28-14-13-27(5,37-28)22(26(35)36-8-3)21(28)24(33)31(23)20(16-32)17(4)7-2/h6,9-12,17,20-23,32H,1,7-8,13-16H2,2-5H3/t17-,20-,21-,22-,23?,27+,28?/m0/s1. The Morgan fingerprint density at radius 3 is 2.57 bits per heavy atom. The molecule has 1 aromatic carbocycles. The van der Waals surface area contributed by atoms with Crippen LogP contribution in [0, 0.1) is 17.8 Å². The second-order valence-corrected chi connectivity index (χ2v) is 11.0. The third-order valence-corrected chi connectivity index (χ3v) is 8.80. The van der Waals surface area contributed by atoms with Gasteiger partial charge in [-0.1, -0.05) is 37.9 Å². The molecule has 3 aliphatic rings. The van der Waals surface area contributed by atoms with E-state index in [0.29, 0.717) is 30.0 Å². The first-order chi connectivity index (χ1) is 17.6. The minimum atomic E-state index is -1.20. The Balaban J connectivity index is 1.86. The van der Waals surface area contributed by atoms with Gasteiger partial charge in [-0.2, -0.15) is 0 Å². The van der Waals surface area contributed by atoms with Gasteiger partial charge in [-0.05, 0) is 56.9 Å². The molecule has 3 heterocycles. The van der Waals surface area contributed by atoms with Gasteiger partial charge in [-0.3, -0.25) is 14.4 Å². The zero-order valence-corrected chi connectivity index (χ0v) is 22.7. The molecule has 8 nitrogen and oxygen atoms in total. The Labute approximate surface area is 223 Å². The number of hydrogen-bond donors (Lipinski definition) is 1. The van der Waals surface area contributed by atoms with Gasteiger partial charge >= 0.3 is 5.97 Å². The van der Waals surface area contributed by atoms with Crippen LogP contribution in [0.3, 0.4) is 0 Å². The van der Waals surface area contributed by atoms with E-state index in [1.54, 1.807) is 42.2 Å². The minimum absolute atomic E-state index is 0.0864. The van der Waals surface area contributed by atoms with Crippen LogP contribution in [0.25, 0.3) is 0 Å². The third kappa shape index (κ3) is 4.27. The molecule has 0 radical (unpaired) electrons. The van der Waals surface area contributed by atoms with Crippen LogP contribution in [-0.4, -0.2) is 70.8 Å². The summed E-state index contributed by atoms with van der Waals surface area (Å²) < 4.78 is 12.0. The van der Waals surface area contributed by atoms with Crippen LogP contribution in [0.15, 0.2) is 36.9 Å². The number of carbonyl (C=O) groups is 3. The number of fused-ring (bicyclic) bond motifs is 1. The number of benzene rings is 1. The minimum Gasteiger partial charge on any atom is -0.466 e. The number of amides is 2. The van der Waals surface area contributed by atoms with E-state index >= 15 is 0 Å². The zero-order chi connectivity index (χ0) is 27.1. The quantitative estimate of drug-likeness (QED) is 0.365. The van der Waals surface area contributed by atoms with Crippen molar-refractivity contribution < 1.29 is 29.0 Å². The normalized spacial score (nSPS) is 31.7. The molecule has 3 aliphatic heterocycles. The lowest BCUT2D eigenvalue weighted by molar-refractivity contribution is -0.160. The summed E-state index contributed by atoms with van der Waals surface area (Å²) in [5.41, 5.74) is -1.51. The Kier molecular flexibility index (Phi) is 7.75. The molecule has 0 aliphatic carbocycles. The van der Waals surface area contributed by atoms with Gasteiger partial charge in [0.05, 0.1) is 30.8 Å². The SMILES string of the molecule is C=CCN(C(=O)C1N([C@@H](CO)[C@@H](C)CC)C(=O)[C@@H]2[C@@H](C(=O)OCC)[C@@]3(C)CCC12O3)c1ccc(Cl)cc1. The number of aliphatic hydroxyl groups excluding tert-OH is 1. The molecule has 2 amide bonds. The van der Waals surface area contributed by atoms with Gasteiger partial charge in [0, 0.05) is 17.3 Å². The molecule has 0 aromatic heterocycles. The summed E-state index contributed by atoms with van der Waals surface area (Å²) in [6, 6.07) is 5.25. The Hall–Kier alpha value is -2.42. The number of nitrogens with zero attached hydrogens (tertiary/aromatic N) is 2. The van der Waals surface area contributed by atoms with Gasteiger partial charge < -0.3 is 24.4 Å². The number of hydrogen-bond acceptors (Lipinski definition) is 6. The fourth-order valence-electron chi connectivity index (χ4n) is 6.62. The molecule has 1 spiro atoms. The monoisotopic (exact) mass is 532 g/mol. The van der Waals surface area contributed by atoms with Crippen molar-refractivity contribution in [2.75, 3.05) is 24.7 Å². The Morgan fingerprint density at radius 2 is 2.00 bits per heavy atom. The lowest BCUT2D eigenvalue weighted by Gasteiger charge is -2.41. The first kappa shape index (κ1) is 27.6. The molecule has 1 N–H and O–H groups in total. The van der Waals surface area contributed by atoms with Crippen LogP contribution >= 0.6 is 11.6 Å². The van der Waals surface area contributed by atoms with E-state index in [4.69, 9.17) is 21.1 Å². The summed E-state index contributed by atoms with van der Waals surface area (Å²) in [7, 11) is 0. The van der Waals surface area contributed by atoms with E-state index in [9.17, 15) is 19.5 Å². The zero-order valence-electron chi connectivity index (χ0n) is 22.0. The van der Waals surface area contributed by atoms with E-state index in [-0.39, 0.29) is 37.5 Å². The lowest BCUT2D eigenvalue weighted by atomic mass is 9.66. The lowest BCUT2D eigenvalue weighted by Crippen LogP contribution is -2.60. The van der Waals surface area contributed by atoms with Crippen molar-refractivity contribution in [3.63, 3.8) is 0 Å². The maximum Gasteiger partial charge on any atom is 0.312 e. The summed E-state index contributed by atoms with van der Waals surface area (Å²) in [6.45, 7) is 11.4. The fraction of sp³-hybridized carbons (Fsp3) is 0.607. The second-order valence-electron chi connectivity index (χ2n) is 10.6. The molecule has 202 valence electrons. The maximum absolute atomic E-state index is 14.5. The van der Waals surface area contributed by atoms with E-state index in [1.165, 1.54) is 4.90 Å². The highest BCUT2D eigenvalue weighted by molar-refractivity contribution is 6.30. The summed E-state index contributed by atoms with van der Waals surface area (Å²) >= 11 is 6.10. The van der Waals surface area contributed by atoms with Gasteiger partial charge in [0.2, 0.25) is 5.91 Å². The molecule has 2 unspecified atom stereocenters. The maximum atomic E-state index is 14.5. The number of ether oxygens (including phenoxy) is 2. The summed E-state index contributed by atoms with van der Waals surface area (Å²) in [4.78, 5) is 45.0. The van der Waals surface area contributed by atoms with Gasteiger partial charge in [0.25, 0.3) is 5.91 Å². The van der Waals surface area contributed by atoms with Crippen LogP contribution in [0.5, 0.6) is 0 Å². The number of aliphatic hydroxyl groups is 1. The van der Waals surface area contributed by atoms with Crippen molar-refractivity contribution in [2.24, 2.45) is 17.8 Å². The highest BCUT2D eigenvalue weighted by Crippen LogP contribution is 2.64. The third-order valence-electron chi connectivity index (χ3n) is 8.55. The molecule has 9 heteroatoms. The van der Waals surface area contributed by atoms with Gasteiger partial charge in [0.1, 0.15) is 17.6 Å². The molecule has 7 atom stereocenters. The molecule has 0 saturated carbocycles. The highest BCUT2D eigenvalue weighted by atomic mass is 35.5. The average Bonchev–Trinajstić information content (AvgIpc) is 3.44. The van der Waals surface area contributed by atoms with Crippen LogP contribution in [0.1, 0.15) is 47.0 Å². The number of likely N-dealkylation sites (tertiary alicyclic amines) is 1. The molecule has 3 fully saturated rings. The van der Waals surface area contributed by atoms with Crippen LogP contribution in [-0.2, 0) is 23.9 Å². The molecule has 3 saturated heterocycles. The highest BCUT2D eigenvalue weighted by Gasteiger charge is 2.79. The van der Waals surface area contributed by atoms with Crippen molar-refractivity contribution in [2.45, 2.75) is 70.2 Å². The predicted octanol–water partition coefficient (Wildman–Crippen LogP) is 3.59. The Bertz CT molecular complexity index is 1060. The number of rotatable bonds is 10. The van der Waals surface area contributed by atoms with E-state index < -0.39 is 41.1 Å². The first-order valence-corrected chi connectivity index (χ1v) is 13.5. The van der Waals surface area contributed by atoms with Crippen molar-refractivity contribution in [1.82, 2.24) is 4.90 Å². The molecular formula is C28H37ClN2O6. The van der Waals surface area contributed by atoms with E-state index in [0.717, 1.165) is 0 Å². The molecule has 4 rings (SSSR count). The second kappa shape index (κ2) is 10.4.